The molecule has 5 nitrogen and oxygen atoms in total. The maximum absolute atomic E-state index is 13.1. The summed E-state index contributed by atoms with van der Waals surface area (Å²) in [5.74, 6) is 0.112. The van der Waals surface area contributed by atoms with Crippen molar-refractivity contribution in [3.05, 3.63) is 52.2 Å². The molecule has 3 heterocycles. The topological polar surface area (TPSA) is 43.9 Å². The third-order valence-corrected chi connectivity index (χ3v) is 6.44. The Morgan fingerprint density at radius 1 is 1.00 bits per heavy atom. The summed E-state index contributed by atoms with van der Waals surface area (Å²) >= 11 is 1.44. The molecule has 0 radical (unpaired) electrons. The summed E-state index contributed by atoms with van der Waals surface area (Å²) in [5.41, 5.74) is 2.51. The molecule has 0 bridgehead atoms. The zero-order chi connectivity index (χ0) is 18.8. The van der Waals surface area contributed by atoms with Crippen molar-refractivity contribution in [1.82, 2.24) is 9.80 Å². The summed E-state index contributed by atoms with van der Waals surface area (Å²) < 4.78 is 0. The van der Waals surface area contributed by atoms with Crippen molar-refractivity contribution >= 4 is 28.8 Å². The number of nitrogens with zero attached hydrogens (tertiary/aromatic N) is 3. The molecule has 142 valence electrons. The van der Waals surface area contributed by atoms with E-state index in [1.54, 1.807) is 4.90 Å². The molecule has 0 spiro atoms. The minimum absolute atomic E-state index is 0.000559. The summed E-state index contributed by atoms with van der Waals surface area (Å²) in [6.07, 6.45) is 1.67. The van der Waals surface area contributed by atoms with Crippen LogP contribution in [0.1, 0.15) is 28.1 Å². The summed E-state index contributed by atoms with van der Waals surface area (Å²) in [6, 6.07) is 11.8. The normalized spacial score (nSPS) is 20.2. The molecule has 1 atom stereocenters. The van der Waals surface area contributed by atoms with Crippen LogP contribution >= 0.6 is 11.3 Å². The number of carbonyl (C=O) groups excluding carboxylic acids is 2. The average Bonchev–Trinajstić information content (AvgIpc) is 3.39. The highest BCUT2D eigenvalue weighted by molar-refractivity contribution is 7.12. The van der Waals surface area contributed by atoms with Crippen LogP contribution in [-0.4, -0.2) is 60.4 Å². The molecular formula is C21H25N3O2S. The van der Waals surface area contributed by atoms with Crippen LogP contribution in [0.2, 0.25) is 0 Å². The molecule has 4 rings (SSSR count). The van der Waals surface area contributed by atoms with Crippen molar-refractivity contribution in [2.45, 2.75) is 25.8 Å². The van der Waals surface area contributed by atoms with E-state index in [1.165, 1.54) is 22.6 Å². The molecule has 1 aromatic carbocycles. The Bertz CT molecular complexity index is 813. The number of carbonyl (C=O) groups is 2. The van der Waals surface area contributed by atoms with Gasteiger partial charge >= 0.3 is 0 Å². The molecule has 2 fully saturated rings. The Morgan fingerprint density at radius 2 is 1.78 bits per heavy atom. The number of aryl methyl sites for hydroxylation is 1. The van der Waals surface area contributed by atoms with Crippen LogP contribution in [0, 0.1) is 6.92 Å². The summed E-state index contributed by atoms with van der Waals surface area (Å²) in [7, 11) is 0. The SMILES string of the molecule is Cc1ccccc1N1CCN(C(=O)[C@@H]2CCCN2C(=O)c2cccs2)CC1. The standard InChI is InChI=1S/C21H25N3O2S/c1-16-6-2-3-7-17(16)22-11-13-23(14-12-22)20(25)18-8-4-10-24(18)21(26)19-9-5-15-27-19/h2-3,5-7,9,15,18H,4,8,10-14H2,1H3/t18-/m0/s1. The lowest BCUT2D eigenvalue weighted by atomic mass is 10.1. The van der Waals surface area contributed by atoms with Crippen LogP contribution < -0.4 is 4.90 Å². The molecule has 6 heteroatoms. The number of amides is 2. The minimum Gasteiger partial charge on any atom is -0.368 e. The zero-order valence-electron chi connectivity index (χ0n) is 15.6. The van der Waals surface area contributed by atoms with Gasteiger partial charge in [-0.05, 0) is 42.8 Å². The lowest BCUT2D eigenvalue weighted by Crippen LogP contribution is -2.54. The van der Waals surface area contributed by atoms with Crippen LogP contribution in [0.25, 0.3) is 0 Å². The van der Waals surface area contributed by atoms with E-state index < -0.39 is 0 Å². The zero-order valence-corrected chi connectivity index (χ0v) is 16.5. The monoisotopic (exact) mass is 383 g/mol. The first-order chi connectivity index (χ1) is 13.1. The van der Waals surface area contributed by atoms with Gasteiger partial charge in [-0.1, -0.05) is 24.3 Å². The maximum atomic E-state index is 13.1. The second-order valence-corrected chi connectivity index (χ2v) is 8.18. The van der Waals surface area contributed by atoms with E-state index in [1.807, 2.05) is 22.4 Å². The number of para-hydroxylation sites is 1. The van der Waals surface area contributed by atoms with Crippen molar-refractivity contribution in [3.8, 4) is 0 Å². The van der Waals surface area contributed by atoms with Crippen LogP contribution in [0.3, 0.4) is 0 Å². The Balaban J connectivity index is 1.40. The number of anilines is 1. The third kappa shape index (κ3) is 3.58. The molecule has 0 saturated carbocycles. The quantitative estimate of drug-likeness (QED) is 0.818. The fourth-order valence-electron chi connectivity index (χ4n) is 4.11. The van der Waals surface area contributed by atoms with Gasteiger partial charge in [-0.25, -0.2) is 0 Å². The molecule has 2 saturated heterocycles. The van der Waals surface area contributed by atoms with Crippen LogP contribution in [0.4, 0.5) is 5.69 Å². The molecule has 2 aliphatic heterocycles. The molecule has 1 aromatic heterocycles. The van der Waals surface area contributed by atoms with Gasteiger partial charge in [0.15, 0.2) is 0 Å². The molecule has 0 aliphatic carbocycles. The summed E-state index contributed by atoms with van der Waals surface area (Å²) in [4.78, 5) is 32.6. The number of rotatable bonds is 3. The molecule has 0 N–H and O–H groups in total. The van der Waals surface area contributed by atoms with Gasteiger partial charge in [0.2, 0.25) is 5.91 Å². The highest BCUT2D eigenvalue weighted by Gasteiger charge is 2.38. The summed E-state index contributed by atoms with van der Waals surface area (Å²) in [5, 5.41) is 1.91. The van der Waals surface area contributed by atoms with Crippen molar-refractivity contribution < 1.29 is 9.59 Å². The number of hydrogen-bond donors (Lipinski definition) is 0. The van der Waals surface area contributed by atoms with E-state index in [-0.39, 0.29) is 17.9 Å². The van der Waals surface area contributed by atoms with E-state index in [2.05, 4.69) is 36.1 Å². The molecular weight excluding hydrogens is 358 g/mol. The fraction of sp³-hybridized carbons (Fsp3) is 0.429. The predicted molar refractivity (Wildman–Crippen MR) is 108 cm³/mol. The van der Waals surface area contributed by atoms with Crippen molar-refractivity contribution in [1.29, 1.82) is 0 Å². The Morgan fingerprint density at radius 3 is 2.48 bits per heavy atom. The first-order valence-corrected chi connectivity index (χ1v) is 10.5. The number of hydrogen-bond acceptors (Lipinski definition) is 4. The van der Waals surface area contributed by atoms with Gasteiger partial charge in [-0.2, -0.15) is 0 Å². The second kappa shape index (κ2) is 7.72. The minimum atomic E-state index is -0.301. The largest absolute Gasteiger partial charge is 0.368 e. The van der Waals surface area contributed by atoms with E-state index in [0.717, 1.165) is 30.8 Å². The second-order valence-electron chi connectivity index (χ2n) is 7.23. The highest BCUT2D eigenvalue weighted by atomic mass is 32.1. The van der Waals surface area contributed by atoms with Crippen molar-refractivity contribution in [3.63, 3.8) is 0 Å². The molecule has 0 unspecified atom stereocenters. The molecule has 27 heavy (non-hydrogen) atoms. The van der Waals surface area contributed by atoms with Gasteiger partial charge in [0, 0.05) is 38.4 Å². The van der Waals surface area contributed by atoms with E-state index in [4.69, 9.17) is 0 Å². The lowest BCUT2D eigenvalue weighted by Gasteiger charge is -2.38. The van der Waals surface area contributed by atoms with Gasteiger partial charge in [-0.15, -0.1) is 11.3 Å². The predicted octanol–water partition coefficient (Wildman–Crippen LogP) is 3.01. The maximum Gasteiger partial charge on any atom is 0.264 e. The first kappa shape index (κ1) is 18.0. The highest BCUT2D eigenvalue weighted by Crippen LogP contribution is 2.25. The summed E-state index contributed by atoms with van der Waals surface area (Å²) in [6.45, 7) is 5.90. The Kier molecular flexibility index (Phi) is 5.16. The van der Waals surface area contributed by atoms with Gasteiger partial charge < -0.3 is 14.7 Å². The number of piperazine rings is 1. The fourth-order valence-corrected chi connectivity index (χ4v) is 4.78. The molecule has 2 amide bonds. The van der Waals surface area contributed by atoms with Crippen LogP contribution in [0.5, 0.6) is 0 Å². The number of thiophene rings is 1. The van der Waals surface area contributed by atoms with Gasteiger partial charge in [-0.3, -0.25) is 9.59 Å². The van der Waals surface area contributed by atoms with Crippen molar-refractivity contribution in [2.24, 2.45) is 0 Å². The van der Waals surface area contributed by atoms with Crippen LogP contribution in [-0.2, 0) is 4.79 Å². The lowest BCUT2D eigenvalue weighted by molar-refractivity contribution is -0.135. The Hall–Kier alpha value is -2.34. The third-order valence-electron chi connectivity index (χ3n) is 5.58. The smallest absolute Gasteiger partial charge is 0.264 e. The number of likely N-dealkylation sites (tertiary alicyclic amines) is 1. The molecule has 2 aromatic rings. The van der Waals surface area contributed by atoms with Crippen LogP contribution in [0.15, 0.2) is 41.8 Å². The van der Waals surface area contributed by atoms with E-state index >= 15 is 0 Å². The van der Waals surface area contributed by atoms with E-state index in [0.29, 0.717) is 19.6 Å². The van der Waals surface area contributed by atoms with Gasteiger partial charge in [0.05, 0.1) is 4.88 Å². The number of benzene rings is 1. The molecule has 2 aliphatic rings. The Labute approximate surface area is 164 Å². The van der Waals surface area contributed by atoms with Crippen molar-refractivity contribution in [2.75, 3.05) is 37.6 Å². The van der Waals surface area contributed by atoms with Gasteiger partial charge in [0.25, 0.3) is 5.91 Å². The van der Waals surface area contributed by atoms with E-state index in [9.17, 15) is 9.59 Å². The average molecular weight is 384 g/mol. The first-order valence-electron chi connectivity index (χ1n) is 9.59. The van der Waals surface area contributed by atoms with Gasteiger partial charge in [0.1, 0.15) is 6.04 Å².